The van der Waals surface area contributed by atoms with Gasteiger partial charge in [0.1, 0.15) is 11.4 Å². The van der Waals surface area contributed by atoms with Gasteiger partial charge in [0.15, 0.2) is 0 Å². The Bertz CT molecular complexity index is 774. The Morgan fingerprint density at radius 3 is 2.62 bits per heavy atom. The molecule has 0 spiro atoms. The van der Waals surface area contributed by atoms with Gasteiger partial charge in [-0.25, -0.2) is 0 Å². The maximum absolute atomic E-state index is 12.2. The van der Waals surface area contributed by atoms with Crippen LogP contribution in [0.5, 0.6) is 0 Å². The molecular weight excluding hydrogens is 332 g/mol. The summed E-state index contributed by atoms with van der Waals surface area (Å²) >= 11 is 0. The quantitative estimate of drug-likeness (QED) is 0.679. The van der Waals surface area contributed by atoms with E-state index in [1.165, 1.54) is 6.92 Å². The van der Waals surface area contributed by atoms with Gasteiger partial charge in [-0.05, 0) is 18.1 Å². The Morgan fingerprint density at radius 1 is 1.33 bits per heavy atom. The van der Waals surface area contributed by atoms with Crippen LogP contribution in [-0.4, -0.2) is 44.1 Å². The molecule has 2 aliphatic rings. The molecule has 1 fully saturated rings. The SMILES string of the molecule is CC1=C(C(=O)[O-])N2C(=O)[C@@H](NC(=O)Cc3ccccc3)[C@H]2[S@](=O)C1. The van der Waals surface area contributed by atoms with E-state index in [4.69, 9.17) is 0 Å². The zero-order valence-electron chi connectivity index (χ0n) is 12.9. The molecule has 24 heavy (non-hydrogen) atoms. The van der Waals surface area contributed by atoms with Gasteiger partial charge >= 0.3 is 0 Å². The molecule has 1 saturated heterocycles. The number of amides is 2. The highest BCUT2D eigenvalue weighted by Gasteiger charge is 2.55. The lowest BCUT2D eigenvalue weighted by atomic mass is 10.0. The van der Waals surface area contributed by atoms with Gasteiger partial charge in [0.2, 0.25) is 5.91 Å². The van der Waals surface area contributed by atoms with Crippen molar-refractivity contribution in [1.82, 2.24) is 10.2 Å². The van der Waals surface area contributed by atoms with E-state index in [1.807, 2.05) is 6.07 Å². The number of nitrogens with one attached hydrogen (secondary N) is 1. The van der Waals surface area contributed by atoms with Crippen LogP contribution in [-0.2, 0) is 31.6 Å². The lowest BCUT2D eigenvalue weighted by Gasteiger charge is -2.50. The summed E-state index contributed by atoms with van der Waals surface area (Å²) in [7, 11) is -1.47. The number of carbonyl (C=O) groups is 3. The van der Waals surface area contributed by atoms with Crippen LogP contribution in [0.25, 0.3) is 0 Å². The Morgan fingerprint density at radius 2 is 2.00 bits per heavy atom. The fourth-order valence-electron chi connectivity index (χ4n) is 2.96. The molecule has 0 unspecified atom stereocenters. The molecule has 3 atom stereocenters. The largest absolute Gasteiger partial charge is 0.543 e. The third-order valence-electron chi connectivity index (χ3n) is 4.03. The maximum Gasteiger partial charge on any atom is 0.253 e. The van der Waals surface area contributed by atoms with E-state index in [-0.39, 0.29) is 23.8 Å². The first kappa shape index (κ1) is 16.4. The molecule has 0 aromatic heterocycles. The Kier molecular flexibility index (Phi) is 4.23. The second-order valence-electron chi connectivity index (χ2n) is 5.75. The number of hydrogen-bond donors (Lipinski definition) is 1. The van der Waals surface area contributed by atoms with Crippen molar-refractivity contribution in [2.24, 2.45) is 0 Å². The fraction of sp³-hybridized carbons (Fsp3) is 0.312. The average Bonchev–Trinajstić information content (AvgIpc) is 2.53. The van der Waals surface area contributed by atoms with Crippen molar-refractivity contribution in [2.45, 2.75) is 24.8 Å². The number of rotatable bonds is 4. The molecule has 3 rings (SSSR count). The van der Waals surface area contributed by atoms with E-state index in [9.17, 15) is 23.7 Å². The second kappa shape index (κ2) is 6.20. The van der Waals surface area contributed by atoms with Gasteiger partial charge in [0.05, 0.1) is 28.9 Å². The monoisotopic (exact) mass is 347 g/mol. The maximum atomic E-state index is 12.2. The molecule has 0 radical (unpaired) electrons. The molecule has 1 aromatic rings. The zero-order valence-corrected chi connectivity index (χ0v) is 13.7. The van der Waals surface area contributed by atoms with Gasteiger partial charge in [-0.2, -0.15) is 0 Å². The van der Waals surface area contributed by atoms with Crippen molar-refractivity contribution in [2.75, 3.05) is 5.75 Å². The fourth-order valence-corrected chi connectivity index (χ4v) is 4.62. The van der Waals surface area contributed by atoms with Crippen LogP contribution in [0.4, 0.5) is 0 Å². The summed E-state index contributed by atoms with van der Waals surface area (Å²) < 4.78 is 12.2. The topological polar surface area (TPSA) is 107 Å². The molecule has 2 amide bonds. The van der Waals surface area contributed by atoms with Crippen LogP contribution in [0.3, 0.4) is 0 Å². The van der Waals surface area contributed by atoms with Crippen molar-refractivity contribution in [1.29, 1.82) is 0 Å². The first-order valence-corrected chi connectivity index (χ1v) is 8.73. The summed E-state index contributed by atoms with van der Waals surface area (Å²) in [6, 6.07) is 8.03. The molecule has 0 aliphatic carbocycles. The third-order valence-corrected chi connectivity index (χ3v) is 5.77. The minimum atomic E-state index is -1.48. The highest BCUT2D eigenvalue weighted by atomic mass is 32.2. The Hall–Kier alpha value is -2.48. The summed E-state index contributed by atoms with van der Waals surface area (Å²) in [6.45, 7) is 1.51. The third kappa shape index (κ3) is 2.73. The summed E-state index contributed by atoms with van der Waals surface area (Å²) in [5.74, 6) is -2.38. The minimum absolute atomic E-state index is 0.0445. The zero-order chi connectivity index (χ0) is 17.4. The first-order chi connectivity index (χ1) is 11.4. The van der Waals surface area contributed by atoms with Gasteiger partial charge in [0.25, 0.3) is 5.91 Å². The molecule has 2 heterocycles. The molecule has 7 nitrogen and oxygen atoms in total. The average molecular weight is 347 g/mol. The molecular formula is C16H15N2O5S-. The summed E-state index contributed by atoms with van der Waals surface area (Å²) in [5, 5.41) is 12.9. The number of carboxylic acid groups (broad SMARTS) is 1. The van der Waals surface area contributed by atoms with E-state index in [0.717, 1.165) is 10.5 Å². The van der Waals surface area contributed by atoms with Crippen LogP contribution >= 0.6 is 0 Å². The smallest absolute Gasteiger partial charge is 0.253 e. The van der Waals surface area contributed by atoms with Crippen LogP contribution in [0, 0.1) is 0 Å². The highest BCUT2D eigenvalue weighted by Crippen LogP contribution is 2.34. The molecule has 1 N–H and O–H groups in total. The lowest BCUT2D eigenvalue weighted by Crippen LogP contribution is -2.74. The second-order valence-corrected chi connectivity index (χ2v) is 7.28. The predicted octanol–water partition coefficient (Wildman–Crippen LogP) is -1.33. The number of aliphatic carboxylic acids is 1. The van der Waals surface area contributed by atoms with Gasteiger partial charge in [0, 0.05) is 5.75 Å². The number of carboxylic acids is 1. The predicted molar refractivity (Wildman–Crippen MR) is 83.4 cm³/mol. The van der Waals surface area contributed by atoms with Crippen molar-refractivity contribution in [3.8, 4) is 0 Å². The molecule has 126 valence electrons. The van der Waals surface area contributed by atoms with E-state index in [1.54, 1.807) is 24.3 Å². The van der Waals surface area contributed by atoms with E-state index < -0.39 is 34.1 Å². The number of fused-ring (bicyclic) bond motifs is 1. The minimum Gasteiger partial charge on any atom is -0.543 e. The first-order valence-electron chi connectivity index (χ1n) is 7.34. The van der Waals surface area contributed by atoms with Crippen LogP contribution in [0.1, 0.15) is 12.5 Å². The lowest BCUT2D eigenvalue weighted by molar-refractivity contribution is -0.301. The van der Waals surface area contributed by atoms with Crippen LogP contribution in [0.2, 0.25) is 0 Å². The standard InChI is InChI=1S/C16H16N2O5S/c1-9-8-24(23)15-12(14(20)18(15)13(9)16(21)22)17-11(19)7-10-5-3-2-4-6-10/h2-6,12,15H,7-8H2,1H3,(H,17,19)(H,21,22)/p-1/t12-,15-,24-/m1/s1. The number of nitrogens with zero attached hydrogens (tertiary/aromatic N) is 1. The van der Waals surface area contributed by atoms with Crippen molar-refractivity contribution < 1.29 is 23.7 Å². The van der Waals surface area contributed by atoms with Gasteiger partial charge in [-0.1, -0.05) is 30.3 Å². The van der Waals surface area contributed by atoms with Crippen LogP contribution < -0.4 is 10.4 Å². The number of β-lactam (4-membered cyclic amide) rings is 1. The van der Waals surface area contributed by atoms with Crippen molar-refractivity contribution >= 4 is 28.6 Å². The molecule has 2 aliphatic heterocycles. The number of benzene rings is 1. The van der Waals surface area contributed by atoms with Gasteiger partial charge in [-0.15, -0.1) is 0 Å². The normalized spacial score (nSPS) is 25.8. The van der Waals surface area contributed by atoms with Crippen molar-refractivity contribution in [3.05, 3.63) is 47.2 Å². The molecule has 0 saturated carbocycles. The summed E-state index contributed by atoms with van der Waals surface area (Å²) in [4.78, 5) is 36.5. The highest BCUT2D eigenvalue weighted by molar-refractivity contribution is 7.86. The Balaban J connectivity index is 1.73. The van der Waals surface area contributed by atoms with Crippen LogP contribution in [0.15, 0.2) is 41.6 Å². The Labute approximate surface area is 140 Å². The van der Waals surface area contributed by atoms with Gasteiger partial charge < -0.3 is 15.2 Å². The van der Waals surface area contributed by atoms with E-state index >= 15 is 0 Å². The number of carbonyl (C=O) groups excluding carboxylic acids is 3. The van der Waals surface area contributed by atoms with Gasteiger partial charge in [-0.3, -0.25) is 18.7 Å². The molecule has 0 bridgehead atoms. The van der Waals surface area contributed by atoms with Crippen molar-refractivity contribution in [3.63, 3.8) is 0 Å². The van der Waals surface area contributed by atoms with E-state index in [2.05, 4.69) is 5.32 Å². The summed E-state index contributed by atoms with van der Waals surface area (Å²) in [6.07, 6.45) is 0.0895. The number of hydrogen-bond acceptors (Lipinski definition) is 5. The molecule has 1 aromatic carbocycles. The summed E-state index contributed by atoms with van der Waals surface area (Å²) in [5.41, 5.74) is 0.889. The van der Waals surface area contributed by atoms with E-state index in [0.29, 0.717) is 5.57 Å². The molecule has 8 heteroatoms.